The number of carbonyl (C=O) groups excluding carboxylic acids is 1. The fourth-order valence-electron chi connectivity index (χ4n) is 3.88. The Labute approximate surface area is 175 Å². The molecule has 1 aromatic rings. The highest BCUT2D eigenvalue weighted by molar-refractivity contribution is 9.12. The normalized spacial score (nSPS) is 29.7. The lowest BCUT2D eigenvalue weighted by molar-refractivity contribution is 0.00290. The molecule has 0 aromatic carbocycles. The van der Waals surface area contributed by atoms with Crippen molar-refractivity contribution >= 4 is 33.6 Å². The predicted octanol–water partition coefficient (Wildman–Crippen LogP) is 3.94. The van der Waals surface area contributed by atoms with Crippen molar-refractivity contribution in [3.8, 4) is 0 Å². The summed E-state index contributed by atoms with van der Waals surface area (Å²) in [7, 11) is 0. The molecule has 0 spiro atoms. The first kappa shape index (κ1) is 19.8. The number of fused-ring (bicyclic) bond motifs is 2. The number of halogens is 3. The van der Waals surface area contributed by atoms with Crippen molar-refractivity contribution in [3.63, 3.8) is 0 Å². The van der Waals surface area contributed by atoms with E-state index >= 15 is 0 Å². The van der Waals surface area contributed by atoms with Crippen LogP contribution in [-0.4, -0.2) is 50.6 Å². The van der Waals surface area contributed by atoms with E-state index in [4.69, 9.17) is 21.1 Å². The number of carbonyl (C=O) groups is 1. The van der Waals surface area contributed by atoms with Crippen molar-refractivity contribution in [2.75, 3.05) is 13.2 Å². The van der Waals surface area contributed by atoms with Crippen LogP contribution in [0.2, 0.25) is 0 Å². The molecule has 0 bridgehead atoms. The SMILES string of the molecule is CC(C)(C)OC(=O)N1Cc2nnc3n2[C@@H](COC2C(Cl)=C(Br)C(F)=CC32C)C1. The van der Waals surface area contributed by atoms with Crippen molar-refractivity contribution in [3.05, 3.63) is 33.1 Å². The average Bonchev–Trinajstić information content (AvgIpc) is 2.97. The van der Waals surface area contributed by atoms with Crippen LogP contribution in [0.4, 0.5) is 9.18 Å². The molecule has 1 amide bonds. The summed E-state index contributed by atoms with van der Waals surface area (Å²) >= 11 is 9.60. The molecular formula is C18H21BrClFN4O3. The fourth-order valence-corrected chi connectivity index (χ4v) is 4.58. The summed E-state index contributed by atoms with van der Waals surface area (Å²) in [4.78, 5) is 14.2. The van der Waals surface area contributed by atoms with Gasteiger partial charge in [-0.2, -0.15) is 0 Å². The molecule has 10 heteroatoms. The van der Waals surface area contributed by atoms with Crippen LogP contribution in [0.3, 0.4) is 0 Å². The van der Waals surface area contributed by atoms with Crippen LogP contribution >= 0.6 is 27.5 Å². The first-order valence-electron chi connectivity index (χ1n) is 8.99. The molecule has 3 aliphatic rings. The second kappa shape index (κ2) is 6.53. The van der Waals surface area contributed by atoms with Gasteiger partial charge in [0.1, 0.15) is 23.4 Å². The van der Waals surface area contributed by atoms with E-state index < -0.39 is 29.0 Å². The highest BCUT2D eigenvalue weighted by atomic mass is 79.9. The maximum atomic E-state index is 14.5. The molecule has 28 heavy (non-hydrogen) atoms. The van der Waals surface area contributed by atoms with E-state index in [0.29, 0.717) is 18.2 Å². The van der Waals surface area contributed by atoms with E-state index in [1.807, 2.05) is 32.3 Å². The van der Waals surface area contributed by atoms with Crippen molar-refractivity contribution in [1.29, 1.82) is 0 Å². The first-order chi connectivity index (χ1) is 13.0. The Balaban J connectivity index is 1.72. The topological polar surface area (TPSA) is 69.5 Å². The van der Waals surface area contributed by atoms with Crippen molar-refractivity contribution < 1.29 is 18.7 Å². The first-order valence-corrected chi connectivity index (χ1v) is 10.2. The summed E-state index contributed by atoms with van der Waals surface area (Å²) in [5, 5.41) is 8.87. The van der Waals surface area contributed by atoms with Gasteiger partial charge in [0.2, 0.25) is 0 Å². The smallest absolute Gasteiger partial charge is 0.410 e. The van der Waals surface area contributed by atoms with Crippen LogP contribution in [0.25, 0.3) is 0 Å². The number of hydrogen-bond donors (Lipinski definition) is 0. The zero-order valence-corrected chi connectivity index (χ0v) is 18.3. The van der Waals surface area contributed by atoms with Crippen LogP contribution < -0.4 is 0 Å². The third-order valence-corrected chi connectivity index (χ3v) is 6.53. The number of allylic oxidation sites excluding steroid dienone is 2. The summed E-state index contributed by atoms with van der Waals surface area (Å²) < 4.78 is 28.2. The molecule has 0 saturated carbocycles. The molecule has 0 saturated heterocycles. The Morgan fingerprint density at radius 2 is 2.18 bits per heavy atom. The molecule has 3 heterocycles. The average molecular weight is 476 g/mol. The Bertz CT molecular complexity index is 909. The van der Waals surface area contributed by atoms with Crippen molar-refractivity contribution in [1.82, 2.24) is 19.7 Å². The lowest BCUT2D eigenvalue weighted by Crippen LogP contribution is -2.45. The maximum Gasteiger partial charge on any atom is 0.410 e. The third-order valence-electron chi connectivity index (χ3n) is 5.10. The second-order valence-corrected chi connectivity index (χ2v) is 9.67. The van der Waals surface area contributed by atoms with E-state index in [9.17, 15) is 9.18 Å². The van der Waals surface area contributed by atoms with Crippen molar-refractivity contribution in [2.24, 2.45) is 0 Å². The molecule has 4 rings (SSSR count). The van der Waals surface area contributed by atoms with Gasteiger partial charge in [-0.15, -0.1) is 10.2 Å². The van der Waals surface area contributed by atoms with Crippen LogP contribution in [-0.2, 0) is 21.4 Å². The fraction of sp³-hybridized carbons (Fsp3) is 0.611. The Morgan fingerprint density at radius 1 is 1.46 bits per heavy atom. The van der Waals surface area contributed by atoms with Crippen LogP contribution in [0.1, 0.15) is 45.4 Å². The van der Waals surface area contributed by atoms with E-state index in [0.717, 1.165) is 0 Å². The Morgan fingerprint density at radius 3 is 2.86 bits per heavy atom. The molecule has 0 fully saturated rings. The van der Waals surface area contributed by atoms with E-state index in [-0.39, 0.29) is 28.7 Å². The van der Waals surface area contributed by atoms with Gasteiger partial charge in [0, 0.05) is 6.54 Å². The van der Waals surface area contributed by atoms with Gasteiger partial charge in [-0.25, -0.2) is 9.18 Å². The number of nitrogens with zero attached hydrogens (tertiary/aromatic N) is 4. The molecule has 1 aromatic heterocycles. The predicted molar refractivity (Wildman–Crippen MR) is 104 cm³/mol. The number of ether oxygens (including phenoxy) is 2. The van der Waals surface area contributed by atoms with Gasteiger partial charge in [-0.05, 0) is 49.7 Å². The van der Waals surface area contributed by atoms with Gasteiger partial charge < -0.3 is 14.0 Å². The van der Waals surface area contributed by atoms with Crippen molar-refractivity contribution in [2.45, 2.75) is 57.4 Å². The van der Waals surface area contributed by atoms with Gasteiger partial charge in [0.05, 0.1) is 34.1 Å². The minimum absolute atomic E-state index is 0.187. The Hall–Kier alpha value is -1.45. The molecule has 0 radical (unpaired) electrons. The highest BCUT2D eigenvalue weighted by Gasteiger charge is 2.50. The summed E-state index contributed by atoms with van der Waals surface area (Å²) in [5.74, 6) is 0.725. The second-order valence-electron chi connectivity index (χ2n) is 8.47. The minimum atomic E-state index is -0.910. The molecule has 0 N–H and O–H groups in total. The zero-order valence-electron chi connectivity index (χ0n) is 16.0. The van der Waals surface area contributed by atoms with Gasteiger partial charge in [0.15, 0.2) is 5.82 Å². The number of amides is 1. The summed E-state index contributed by atoms with van der Waals surface area (Å²) in [6.07, 6.45) is 0.452. The van der Waals surface area contributed by atoms with Gasteiger partial charge in [-0.3, -0.25) is 4.90 Å². The van der Waals surface area contributed by atoms with Crippen LogP contribution in [0.5, 0.6) is 0 Å². The van der Waals surface area contributed by atoms with E-state index in [2.05, 4.69) is 26.1 Å². The standard InChI is InChI=1S/C18H21BrClFN4O3/c1-17(2,3)28-16(26)24-6-9-8-27-14-13(20)12(19)10(21)5-18(14,4)15-23-22-11(7-24)25(9)15/h5,9,14H,6-8H2,1-4H3/t9-,14?,18?/m1/s1. The minimum Gasteiger partial charge on any atom is -0.444 e. The zero-order chi connectivity index (χ0) is 20.4. The van der Waals surface area contributed by atoms with Crippen LogP contribution in [0, 0.1) is 0 Å². The van der Waals surface area contributed by atoms with Crippen LogP contribution in [0.15, 0.2) is 21.4 Å². The Kier molecular flexibility index (Phi) is 4.63. The lowest BCUT2D eigenvalue weighted by atomic mass is 9.79. The summed E-state index contributed by atoms with van der Waals surface area (Å²) in [6.45, 7) is 8.22. The maximum absolute atomic E-state index is 14.5. The molecule has 1 aliphatic carbocycles. The summed E-state index contributed by atoms with van der Waals surface area (Å²) in [6, 6.07) is -0.219. The quantitative estimate of drug-likeness (QED) is 0.568. The molecule has 152 valence electrons. The number of hydrogen-bond acceptors (Lipinski definition) is 5. The largest absolute Gasteiger partial charge is 0.444 e. The third kappa shape index (κ3) is 3.07. The lowest BCUT2D eigenvalue weighted by Gasteiger charge is -2.35. The van der Waals surface area contributed by atoms with E-state index in [1.54, 1.807) is 4.90 Å². The highest BCUT2D eigenvalue weighted by Crippen LogP contribution is 2.47. The summed E-state index contributed by atoms with van der Waals surface area (Å²) in [5.41, 5.74) is -1.50. The van der Waals surface area contributed by atoms with Gasteiger partial charge in [0.25, 0.3) is 0 Å². The van der Waals surface area contributed by atoms with Gasteiger partial charge >= 0.3 is 6.09 Å². The molecule has 3 atom stereocenters. The molecule has 2 aliphatic heterocycles. The number of rotatable bonds is 0. The van der Waals surface area contributed by atoms with Gasteiger partial charge in [-0.1, -0.05) is 11.6 Å². The monoisotopic (exact) mass is 474 g/mol. The molecule has 7 nitrogen and oxygen atoms in total. The van der Waals surface area contributed by atoms with E-state index in [1.165, 1.54) is 6.08 Å². The number of aromatic nitrogens is 3. The molecule has 2 unspecified atom stereocenters. The molecular weight excluding hydrogens is 455 g/mol.